The van der Waals surface area contributed by atoms with Gasteiger partial charge in [0.15, 0.2) is 0 Å². The lowest BCUT2D eigenvalue weighted by atomic mass is 10.1. The van der Waals surface area contributed by atoms with Gasteiger partial charge in [-0.2, -0.15) is 4.39 Å². The summed E-state index contributed by atoms with van der Waals surface area (Å²) in [5, 5.41) is 10.6. The molecule has 2 amide bonds. The van der Waals surface area contributed by atoms with Crippen molar-refractivity contribution in [3.8, 4) is 0 Å². The molecular formula is C12H12FN3O4. The Kier molecular flexibility index (Phi) is 3.64. The van der Waals surface area contributed by atoms with Gasteiger partial charge in [0.05, 0.1) is 4.92 Å². The highest BCUT2D eigenvalue weighted by Gasteiger charge is 2.27. The number of carbonyl (C=O) groups excluding carboxylic acids is 2. The molecule has 2 rings (SSSR count). The second-order valence-corrected chi connectivity index (χ2v) is 4.47. The van der Waals surface area contributed by atoms with Crippen molar-refractivity contribution < 1.29 is 18.9 Å². The molecule has 106 valence electrons. The highest BCUT2D eigenvalue weighted by molar-refractivity contribution is 5.97. The zero-order valence-corrected chi connectivity index (χ0v) is 10.7. The van der Waals surface area contributed by atoms with E-state index in [2.05, 4.69) is 0 Å². The molecule has 1 aromatic rings. The van der Waals surface area contributed by atoms with Gasteiger partial charge in [0.25, 0.3) is 5.91 Å². The van der Waals surface area contributed by atoms with Crippen LogP contribution < -0.4 is 0 Å². The van der Waals surface area contributed by atoms with Gasteiger partial charge in [-0.1, -0.05) is 0 Å². The molecule has 20 heavy (non-hydrogen) atoms. The second-order valence-electron chi connectivity index (χ2n) is 4.47. The number of benzene rings is 1. The average molecular weight is 281 g/mol. The molecule has 1 fully saturated rings. The average Bonchev–Trinajstić information content (AvgIpc) is 2.41. The molecule has 1 aliphatic heterocycles. The molecule has 8 heteroatoms. The van der Waals surface area contributed by atoms with Crippen molar-refractivity contribution in [3.05, 3.63) is 39.7 Å². The third kappa shape index (κ3) is 2.58. The highest BCUT2D eigenvalue weighted by atomic mass is 19.1. The number of nitro groups is 1. The van der Waals surface area contributed by atoms with Crippen LogP contribution >= 0.6 is 0 Å². The Bertz CT molecular complexity index is 590. The number of nitrogens with zero attached hydrogens (tertiary/aromatic N) is 3. The number of piperazine rings is 1. The van der Waals surface area contributed by atoms with Crippen molar-refractivity contribution >= 4 is 17.5 Å². The summed E-state index contributed by atoms with van der Waals surface area (Å²) in [5.74, 6) is -1.73. The lowest BCUT2D eigenvalue weighted by Crippen LogP contribution is -2.50. The van der Waals surface area contributed by atoms with E-state index in [1.54, 1.807) is 7.05 Å². The minimum atomic E-state index is -0.999. The first-order valence-electron chi connectivity index (χ1n) is 5.87. The van der Waals surface area contributed by atoms with Crippen LogP contribution in [0.4, 0.5) is 10.1 Å². The summed E-state index contributed by atoms with van der Waals surface area (Å²) in [6.07, 6.45) is 0. The maximum Gasteiger partial charge on any atom is 0.305 e. The quantitative estimate of drug-likeness (QED) is 0.588. The lowest BCUT2D eigenvalue weighted by molar-refractivity contribution is -0.387. The Morgan fingerprint density at radius 3 is 2.70 bits per heavy atom. The summed E-state index contributed by atoms with van der Waals surface area (Å²) in [6, 6.07) is 2.94. The first-order valence-corrected chi connectivity index (χ1v) is 5.87. The molecule has 0 aliphatic carbocycles. The molecule has 0 bridgehead atoms. The molecule has 7 nitrogen and oxygen atoms in total. The number of carbonyl (C=O) groups is 2. The van der Waals surface area contributed by atoms with Gasteiger partial charge in [-0.05, 0) is 12.1 Å². The van der Waals surface area contributed by atoms with E-state index in [0.29, 0.717) is 13.1 Å². The van der Waals surface area contributed by atoms with E-state index in [9.17, 15) is 24.1 Å². The van der Waals surface area contributed by atoms with E-state index in [0.717, 1.165) is 12.1 Å². The van der Waals surface area contributed by atoms with Gasteiger partial charge >= 0.3 is 5.69 Å². The maximum atomic E-state index is 13.2. The SMILES string of the molecule is CN1CCN(C(=O)c2ccc(F)c([N+](=O)[O-])c2)CC1=O. The second kappa shape index (κ2) is 5.24. The van der Waals surface area contributed by atoms with E-state index >= 15 is 0 Å². The molecule has 0 unspecified atom stereocenters. The fraction of sp³-hybridized carbons (Fsp3) is 0.333. The zero-order chi connectivity index (χ0) is 14.9. The van der Waals surface area contributed by atoms with Gasteiger partial charge < -0.3 is 9.80 Å². The van der Waals surface area contributed by atoms with Crippen LogP contribution in [0.2, 0.25) is 0 Å². The van der Waals surface area contributed by atoms with Crippen LogP contribution in [0.1, 0.15) is 10.4 Å². The minimum Gasteiger partial charge on any atom is -0.342 e. The third-order valence-corrected chi connectivity index (χ3v) is 3.13. The van der Waals surface area contributed by atoms with Gasteiger partial charge in [0, 0.05) is 31.8 Å². The number of nitro benzene ring substituents is 1. The first kappa shape index (κ1) is 13.9. The maximum absolute atomic E-state index is 13.2. The van der Waals surface area contributed by atoms with Crippen molar-refractivity contribution in [3.63, 3.8) is 0 Å². The standard InChI is InChI=1S/C12H12FN3O4/c1-14-4-5-15(7-11(14)17)12(18)8-2-3-9(13)10(6-8)16(19)20/h2-3,6H,4-5,7H2,1H3. The third-order valence-electron chi connectivity index (χ3n) is 3.13. The Balaban J connectivity index is 2.23. The van der Waals surface area contributed by atoms with Crippen LogP contribution in [0.15, 0.2) is 18.2 Å². The van der Waals surface area contributed by atoms with Crippen LogP contribution in [0.5, 0.6) is 0 Å². The zero-order valence-electron chi connectivity index (χ0n) is 10.7. The minimum absolute atomic E-state index is 0.00421. The fourth-order valence-corrected chi connectivity index (χ4v) is 1.90. The fourth-order valence-electron chi connectivity index (χ4n) is 1.90. The molecule has 1 heterocycles. The van der Waals surface area contributed by atoms with Crippen LogP contribution in [0, 0.1) is 15.9 Å². The Hall–Kier alpha value is -2.51. The predicted molar refractivity (Wildman–Crippen MR) is 66.6 cm³/mol. The van der Waals surface area contributed by atoms with Crippen molar-refractivity contribution in [1.82, 2.24) is 9.80 Å². The van der Waals surface area contributed by atoms with Gasteiger partial charge in [-0.3, -0.25) is 19.7 Å². The summed E-state index contributed by atoms with van der Waals surface area (Å²) in [4.78, 5) is 36.2. The number of hydrogen-bond donors (Lipinski definition) is 0. The number of likely N-dealkylation sites (N-methyl/N-ethyl adjacent to an activating group) is 1. The van der Waals surface area contributed by atoms with Crippen molar-refractivity contribution in [1.29, 1.82) is 0 Å². The van der Waals surface area contributed by atoms with Crippen molar-refractivity contribution in [2.24, 2.45) is 0 Å². The predicted octanol–water partition coefficient (Wildman–Crippen LogP) is 0.648. The van der Waals surface area contributed by atoms with Gasteiger partial charge in [-0.25, -0.2) is 0 Å². The topological polar surface area (TPSA) is 83.8 Å². The van der Waals surface area contributed by atoms with Crippen LogP contribution in [-0.2, 0) is 4.79 Å². The number of rotatable bonds is 2. The highest BCUT2D eigenvalue weighted by Crippen LogP contribution is 2.20. The molecular weight excluding hydrogens is 269 g/mol. The molecule has 0 aromatic heterocycles. The summed E-state index contributed by atoms with van der Waals surface area (Å²) >= 11 is 0. The summed E-state index contributed by atoms with van der Waals surface area (Å²) in [5.41, 5.74) is -0.758. The smallest absolute Gasteiger partial charge is 0.305 e. The number of halogens is 1. The van der Waals surface area contributed by atoms with Crippen LogP contribution in [0.3, 0.4) is 0 Å². The molecule has 1 aromatic carbocycles. The Morgan fingerprint density at radius 1 is 1.40 bits per heavy atom. The molecule has 0 N–H and O–H groups in total. The van der Waals surface area contributed by atoms with Crippen LogP contribution in [0.25, 0.3) is 0 Å². The van der Waals surface area contributed by atoms with Crippen LogP contribution in [-0.4, -0.2) is 53.2 Å². The first-order chi connectivity index (χ1) is 9.40. The summed E-state index contributed by atoms with van der Waals surface area (Å²) in [6.45, 7) is 0.653. The van der Waals surface area contributed by atoms with Crippen molar-refractivity contribution in [2.45, 2.75) is 0 Å². The lowest BCUT2D eigenvalue weighted by Gasteiger charge is -2.31. The molecule has 1 aliphatic rings. The van der Waals surface area contributed by atoms with E-state index in [4.69, 9.17) is 0 Å². The normalized spacial score (nSPS) is 15.4. The van der Waals surface area contributed by atoms with E-state index < -0.39 is 22.3 Å². The molecule has 0 spiro atoms. The molecule has 0 saturated carbocycles. The molecule has 0 atom stereocenters. The Labute approximate surface area is 113 Å². The van der Waals surface area contributed by atoms with Gasteiger partial charge in [-0.15, -0.1) is 0 Å². The monoisotopic (exact) mass is 281 g/mol. The van der Waals surface area contributed by atoms with E-state index in [1.165, 1.54) is 15.9 Å². The van der Waals surface area contributed by atoms with Crippen molar-refractivity contribution in [2.75, 3.05) is 26.7 Å². The van der Waals surface area contributed by atoms with E-state index in [-0.39, 0.29) is 18.0 Å². The summed E-state index contributed by atoms with van der Waals surface area (Å²) in [7, 11) is 1.63. The number of amides is 2. The Morgan fingerprint density at radius 2 is 2.10 bits per heavy atom. The molecule has 1 saturated heterocycles. The number of hydrogen-bond acceptors (Lipinski definition) is 4. The van der Waals surface area contributed by atoms with Gasteiger partial charge in [0.1, 0.15) is 6.54 Å². The largest absolute Gasteiger partial charge is 0.342 e. The van der Waals surface area contributed by atoms with Gasteiger partial charge in [0.2, 0.25) is 11.7 Å². The molecule has 0 radical (unpaired) electrons. The summed E-state index contributed by atoms with van der Waals surface area (Å²) < 4.78 is 13.2. The van der Waals surface area contributed by atoms with E-state index in [1.807, 2.05) is 0 Å².